The van der Waals surface area contributed by atoms with Crippen molar-refractivity contribution in [1.82, 2.24) is 4.98 Å². The van der Waals surface area contributed by atoms with Gasteiger partial charge >= 0.3 is 0 Å². The molecule has 88 valence electrons. The van der Waals surface area contributed by atoms with Gasteiger partial charge in [-0.25, -0.2) is 4.98 Å². The zero-order valence-corrected chi connectivity index (χ0v) is 11.3. The summed E-state index contributed by atoms with van der Waals surface area (Å²) < 4.78 is 5.45. The van der Waals surface area contributed by atoms with Gasteiger partial charge in [0.2, 0.25) is 5.88 Å². The Kier molecular flexibility index (Phi) is 4.00. The van der Waals surface area contributed by atoms with Crippen LogP contribution in [-0.2, 0) is 0 Å². The fourth-order valence-corrected chi connectivity index (χ4v) is 1.91. The first-order valence-electron chi connectivity index (χ1n) is 4.49. The fourth-order valence-electron chi connectivity index (χ4n) is 1.16. The van der Waals surface area contributed by atoms with Crippen LogP contribution < -0.4 is 4.74 Å². The largest absolute Gasteiger partial charge is 0.439 e. The summed E-state index contributed by atoms with van der Waals surface area (Å²) in [6.45, 7) is 0. The molecule has 0 atom stereocenters. The smallest absolute Gasteiger partial charge is 0.220 e. The van der Waals surface area contributed by atoms with Crippen LogP contribution in [0, 0.1) is 0 Å². The third-order valence-corrected chi connectivity index (χ3v) is 2.99. The van der Waals surface area contributed by atoms with Crippen LogP contribution in [0.1, 0.15) is 0 Å². The highest BCUT2D eigenvalue weighted by molar-refractivity contribution is 6.41. The van der Waals surface area contributed by atoms with Crippen molar-refractivity contribution < 1.29 is 4.74 Å². The second-order valence-corrected chi connectivity index (χ2v) is 4.83. The number of pyridine rings is 1. The van der Waals surface area contributed by atoms with Crippen LogP contribution in [0.3, 0.4) is 0 Å². The number of hydrogen-bond donors (Lipinski definition) is 0. The topological polar surface area (TPSA) is 22.1 Å². The van der Waals surface area contributed by atoms with Gasteiger partial charge in [-0.3, -0.25) is 0 Å². The summed E-state index contributed by atoms with van der Waals surface area (Å²) in [5, 5.41) is 1.69. The number of halogens is 4. The van der Waals surface area contributed by atoms with Crippen molar-refractivity contribution in [1.29, 1.82) is 0 Å². The maximum Gasteiger partial charge on any atom is 0.220 e. The minimum atomic E-state index is 0.317. The van der Waals surface area contributed by atoms with Gasteiger partial charge in [-0.15, -0.1) is 0 Å². The number of hydrogen-bond acceptors (Lipinski definition) is 2. The zero-order valence-electron chi connectivity index (χ0n) is 8.25. The Hall–Kier alpha value is -0.670. The van der Waals surface area contributed by atoms with E-state index in [2.05, 4.69) is 4.98 Å². The third-order valence-electron chi connectivity index (χ3n) is 1.84. The summed E-state index contributed by atoms with van der Waals surface area (Å²) >= 11 is 23.3. The van der Waals surface area contributed by atoms with E-state index in [1.54, 1.807) is 18.2 Å². The van der Waals surface area contributed by atoms with Crippen LogP contribution in [0.4, 0.5) is 0 Å². The highest BCUT2D eigenvalue weighted by atomic mass is 35.5. The fraction of sp³-hybridized carbons (Fsp3) is 0. The molecule has 1 aromatic heterocycles. The molecule has 6 heteroatoms. The molecule has 2 nitrogen and oxygen atoms in total. The van der Waals surface area contributed by atoms with Crippen molar-refractivity contribution in [3.63, 3.8) is 0 Å². The maximum absolute atomic E-state index is 5.84. The van der Waals surface area contributed by atoms with Crippen LogP contribution in [0.2, 0.25) is 20.1 Å². The normalized spacial score (nSPS) is 10.4. The highest BCUT2D eigenvalue weighted by Crippen LogP contribution is 2.30. The summed E-state index contributed by atoms with van der Waals surface area (Å²) in [4.78, 5) is 3.97. The molecular weight excluding hydrogens is 304 g/mol. The van der Waals surface area contributed by atoms with E-state index in [-0.39, 0.29) is 0 Å². The van der Waals surface area contributed by atoms with E-state index < -0.39 is 0 Å². The van der Waals surface area contributed by atoms with Crippen molar-refractivity contribution in [2.75, 3.05) is 0 Å². The van der Waals surface area contributed by atoms with Crippen molar-refractivity contribution in [2.45, 2.75) is 0 Å². The van der Waals surface area contributed by atoms with Gasteiger partial charge in [0, 0.05) is 16.1 Å². The monoisotopic (exact) mass is 307 g/mol. The molecule has 0 amide bonds. The van der Waals surface area contributed by atoms with E-state index in [0.717, 1.165) is 0 Å². The lowest BCUT2D eigenvalue weighted by Gasteiger charge is -2.06. The lowest BCUT2D eigenvalue weighted by Crippen LogP contribution is -1.88. The molecule has 0 aliphatic heterocycles. The molecule has 2 aromatic rings. The van der Waals surface area contributed by atoms with E-state index in [9.17, 15) is 0 Å². The van der Waals surface area contributed by atoms with Crippen LogP contribution >= 0.6 is 46.4 Å². The van der Waals surface area contributed by atoms with Crippen molar-refractivity contribution in [2.24, 2.45) is 0 Å². The second kappa shape index (κ2) is 5.32. The van der Waals surface area contributed by atoms with Crippen molar-refractivity contribution in [3.8, 4) is 11.6 Å². The number of ether oxygens (including phenoxy) is 1. The van der Waals surface area contributed by atoms with Crippen LogP contribution in [0.15, 0.2) is 30.5 Å². The highest BCUT2D eigenvalue weighted by Gasteiger charge is 2.05. The number of benzene rings is 1. The Morgan fingerprint density at radius 3 is 2.06 bits per heavy atom. The first-order valence-corrected chi connectivity index (χ1v) is 6.01. The summed E-state index contributed by atoms with van der Waals surface area (Å²) in [6, 6.07) is 6.37. The quantitative estimate of drug-likeness (QED) is 0.732. The Balaban J connectivity index is 2.28. The zero-order chi connectivity index (χ0) is 12.4. The van der Waals surface area contributed by atoms with Gasteiger partial charge in [0.1, 0.15) is 5.75 Å². The first-order chi connectivity index (χ1) is 8.04. The number of rotatable bonds is 2. The average molecular weight is 309 g/mol. The predicted octanol–water partition coefficient (Wildman–Crippen LogP) is 5.49. The molecule has 0 N–H and O–H groups in total. The molecule has 0 fully saturated rings. The van der Waals surface area contributed by atoms with E-state index >= 15 is 0 Å². The van der Waals surface area contributed by atoms with Gasteiger partial charge in [0.05, 0.1) is 16.2 Å². The number of aromatic nitrogens is 1. The molecule has 0 saturated heterocycles. The standard InChI is InChI=1S/C11H5Cl4NO/c12-6-1-7(13)3-8(2-6)17-11-4-9(14)10(15)5-16-11/h1-5H. The van der Waals surface area contributed by atoms with Crippen LogP contribution in [0.25, 0.3) is 0 Å². The molecule has 0 spiro atoms. The lowest BCUT2D eigenvalue weighted by molar-refractivity contribution is 0.463. The molecule has 0 aliphatic carbocycles. The van der Waals surface area contributed by atoms with Crippen LogP contribution in [0.5, 0.6) is 11.6 Å². The molecule has 0 bridgehead atoms. The van der Waals surface area contributed by atoms with Crippen LogP contribution in [-0.4, -0.2) is 4.98 Å². The van der Waals surface area contributed by atoms with Gasteiger partial charge in [0.25, 0.3) is 0 Å². The summed E-state index contributed by atoms with van der Waals surface area (Å²) in [5.41, 5.74) is 0. The summed E-state index contributed by atoms with van der Waals surface area (Å²) in [6.07, 6.45) is 1.41. The first kappa shape index (κ1) is 12.8. The Labute approximate surface area is 118 Å². The maximum atomic E-state index is 5.84. The molecule has 2 rings (SSSR count). The summed E-state index contributed by atoms with van der Waals surface area (Å²) in [5.74, 6) is 0.797. The van der Waals surface area contributed by atoms with Gasteiger partial charge < -0.3 is 4.74 Å². The minimum Gasteiger partial charge on any atom is -0.439 e. The molecule has 0 radical (unpaired) electrons. The van der Waals surface area contributed by atoms with Gasteiger partial charge in [-0.05, 0) is 18.2 Å². The summed E-state index contributed by atoms with van der Waals surface area (Å²) in [7, 11) is 0. The Morgan fingerprint density at radius 1 is 0.824 bits per heavy atom. The third kappa shape index (κ3) is 3.39. The Morgan fingerprint density at radius 2 is 1.47 bits per heavy atom. The molecule has 0 aliphatic rings. The van der Waals surface area contributed by atoms with Gasteiger partial charge in [-0.1, -0.05) is 46.4 Å². The van der Waals surface area contributed by atoms with E-state index in [4.69, 9.17) is 51.1 Å². The van der Waals surface area contributed by atoms with Crippen molar-refractivity contribution in [3.05, 3.63) is 50.6 Å². The van der Waals surface area contributed by atoms with E-state index in [1.165, 1.54) is 12.3 Å². The van der Waals surface area contributed by atoms with Gasteiger partial charge in [-0.2, -0.15) is 0 Å². The molecular formula is C11H5Cl4NO. The molecule has 17 heavy (non-hydrogen) atoms. The van der Waals surface area contributed by atoms with Crippen molar-refractivity contribution >= 4 is 46.4 Å². The SMILES string of the molecule is Clc1cc(Cl)cc(Oc2cc(Cl)c(Cl)cn2)c1. The minimum absolute atomic E-state index is 0.317. The van der Waals surface area contributed by atoms with E-state index in [0.29, 0.717) is 31.7 Å². The Bertz CT molecular complexity index is 539. The second-order valence-electron chi connectivity index (χ2n) is 3.14. The lowest BCUT2D eigenvalue weighted by atomic mass is 10.3. The average Bonchev–Trinajstić information content (AvgIpc) is 2.22. The molecule has 0 saturated carbocycles. The predicted molar refractivity (Wildman–Crippen MR) is 70.8 cm³/mol. The molecule has 1 heterocycles. The molecule has 1 aromatic carbocycles. The van der Waals surface area contributed by atoms with E-state index in [1.807, 2.05) is 0 Å². The molecule has 0 unspecified atom stereocenters. The number of nitrogens with zero attached hydrogens (tertiary/aromatic N) is 1. The van der Waals surface area contributed by atoms with Gasteiger partial charge in [0.15, 0.2) is 0 Å².